The maximum atomic E-state index is 6.33. The summed E-state index contributed by atoms with van der Waals surface area (Å²) in [4.78, 5) is 2.35. The van der Waals surface area contributed by atoms with Crippen LogP contribution in [0.5, 0.6) is 0 Å². The van der Waals surface area contributed by atoms with Crippen LogP contribution >= 0.6 is 35.4 Å². The van der Waals surface area contributed by atoms with Crippen molar-refractivity contribution < 1.29 is 4.42 Å². The Hall–Kier alpha value is -1.60. The summed E-state index contributed by atoms with van der Waals surface area (Å²) >= 11 is 17.9. The lowest BCUT2D eigenvalue weighted by atomic mass is 10.0. The summed E-state index contributed by atoms with van der Waals surface area (Å²) in [5.41, 5.74) is 3.83. The maximum absolute atomic E-state index is 6.33. The fourth-order valence-electron chi connectivity index (χ4n) is 3.07. The molecule has 5 nitrogen and oxygen atoms in total. The first kappa shape index (κ1) is 20.1. The van der Waals surface area contributed by atoms with Crippen LogP contribution in [0, 0.1) is 0 Å². The number of thiocarbonyl (C=S) groups is 1. The van der Waals surface area contributed by atoms with Gasteiger partial charge >= 0.3 is 0 Å². The van der Waals surface area contributed by atoms with Crippen LogP contribution in [0.2, 0.25) is 10.0 Å². The third kappa shape index (κ3) is 5.94. The molecule has 1 aromatic heterocycles. The lowest BCUT2D eigenvalue weighted by Crippen LogP contribution is -2.41. The predicted molar refractivity (Wildman–Crippen MR) is 114 cm³/mol. The molecule has 8 heteroatoms. The van der Waals surface area contributed by atoms with Crippen molar-refractivity contribution >= 4 is 46.7 Å². The second-order valence-corrected chi connectivity index (χ2v) is 7.61. The largest absolute Gasteiger partial charge is 0.467 e. The van der Waals surface area contributed by atoms with Crippen molar-refractivity contribution in [1.82, 2.24) is 15.6 Å². The highest BCUT2D eigenvalue weighted by atomic mass is 35.5. The molecule has 2 N–H and O–H groups in total. The Labute approximate surface area is 174 Å². The van der Waals surface area contributed by atoms with Crippen molar-refractivity contribution in [2.24, 2.45) is 5.10 Å². The van der Waals surface area contributed by atoms with Crippen molar-refractivity contribution in [2.45, 2.75) is 38.4 Å². The average molecular weight is 425 g/mol. The molecule has 3 rings (SSSR count). The molecule has 1 saturated heterocycles. The molecule has 1 aliphatic heterocycles. The fraction of sp³-hybridized carbons (Fsp3) is 0.368. The number of benzene rings is 1. The quantitative estimate of drug-likeness (QED) is 0.403. The summed E-state index contributed by atoms with van der Waals surface area (Å²) < 4.78 is 5.26. The van der Waals surface area contributed by atoms with Crippen molar-refractivity contribution in [3.8, 4) is 0 Å². The zero-order valence-electron chi connectivity index (χ0n) is 14.8. The third-order valence-corrected chi connectivity index (χ3v) is 5.45. The first-order chi connectivity index (χ1) is 13.1. The van der Waals surface area contributed by atoms with Crippen LogP contribution in [-0.2, 0) is 13.1 Å². The van der Waals surface area contributed by atoms with Crippen LogP contribution in [0.15, 0.2) is 46.1 Å². The summed E-state index contributed by atoms with van der Waals surface area (Å²) in [6.45, 7) is 2.21. The zero-order valence-corrected chi connectivity index (χ0v) is 17.2. The molecule has 1 atom stereocenters. The van der Waals surface area contributed by atoms with Crippen molar-refractivity contribution in [3.63, 3.8) is 0 Å². The van der Waals surface area contributed by atoms with Crippen LogP contribution in [0.3, 0.4) is 0 Å². The van der Waals surface area contributed by atoms with Crippen LogP contribution in [0.1, 0.15) is 30.6 Å². The second kappa shape index (κ2) is 10.1. The van der Waals surface area contributed by atoms with E-state index in [1.165, 1.54) is 6.42 Å². The highest BCUT2D eigenvalue weighted by Gasteiger charge is 2.22. The molecule has 0 saturated carbocycles. The molecule has 144 valence electrons. The SMILES string of the molecule is S=C(NCc1ccco1)NN=CC1CCCCN1Cc1c(Cl)cccc1Cl. The van der Waals surface area contributed by atoms with Crippen LogP contribution in [0.4, 0.5) is 0 Å². The van der Waals surface area contributed by atoms with Crippen molar-refractivity contribution in [2.75, 3.05) is 6.54 Å². The molecule has 0 radical (unpaired) electrons. The van der Waals surface area contributed by atoms with Gasteiger partial charge in [0.1, 0.15) is 5.76 Å². The average Bonchev–Trinajstić information content (AvgIpc) is 3.18. The molecule has 0 spiro atoms. The molecule has 27 heavy (non-hydrogen) atoms. The molecule has 2 heterocycles. The number of nitrogens with one attached hydrogen (secondary N) is 2. The summed E-state index contributed by atoms with van der Waals surface area (Å²) in [7, 11) is 0. The predicted octanol–water partition coefficient (Wildman–Crippen LogP) is 4.59. The molecular formula is C19H22Cl2N4OS. The van der Waals surface area contributed by atoms with Gasteiger partial charge in [0.25, 0.3) is 0 Å². The Kier molecular flexibility index (Phi) is 7.52. The van der Waals surface area contributed by atoms with Gasteiger partial charge in [-0.2, -0.15) is 5.10 Å². The van der Waals surface area contributed by atoms with Crippen LogP contribution < -0.4 is 10.7 Å². The smallest absolute Gasteiger partial charge is 0.187 e. The minimum atomic E-state index is 0.214. The summed E-state index contributed by atoms with van der Waals surface area (Å²) in [6, 6.07) is 9.56. The van der Waals surface area contributed by atoms with Crippen LogP contribution in [0.25, 0.3) is 0 Å². The van der Waals surface area contributed by atoms with E-state index >= 15 is 0 Å². The van der Waals surface area contributed by atoms with E-state index in [0.717, 1.165) is 30.7 Å². The summed E-state index contributed by atoms with van der Waals surface area (Å²) in [5.74, 6) is 0.818. The Morgan fingerprint density at radius 3 is 2.81 bits per heavy atom. The Balaban J connectivity index is 1.53. The fourth-order valence-corrected chi connectivity index (χ4v) is 3.71. The molecular weight excluding hydrogens is 403 g/mol. The van der Waals surface area contributed by atoms with E-state index in [4.69, 9.17) is 39.8 Å². The Morgan fingerprint density at radius 1 is 1.26 bits per heavy atom. The molecule has 1 aliphatic rings. The van der Waals surface area contributed by atoms with Gasteiger partial charge in [-0.05, 0) is 55.9 Å². The second-order valence-electron chi connectivity index (χ2n) is 6.39. The van der Waals surface area contributed by atoms with Gasteiger partial charge in [-0.25, -0.2) is 0 Å². The van der Waals surface area contributed by atoms with Gasteiger partial charge in [-0.1, -0.05) is 35.7 Å². The van der Waals surface area contributed by atoms with Crippen molar-refractivity contribution in [1.29, 1.82) is 0 Å². The number of likely N-dealkylation sites (tertiary alicyclic amines) is 1. The number of rotatable bonds is 6. The lowest BCUT2D eigenvalue weighted by Gasteiger charge is -2.33. The molecule has 0 amide bonds. The van der Waals surface area contributed by atoms with E-state index in [1.807, 2.05) is 36.5 Å². The minimum absolute atomic E-state index is 0.214. The van der Waals surface area contributed by atoms with E-state index in [1.54, 1.807) is 6.26 Å². The topological polar surface area (TPSA) is 52.8 Å². The number of hydrazone groups is 1. The summed E-state index contributed by atoms with van der Waals surface area (Å²) in [5, 5.41) is 9.22. The minimum Gasteiger partial charge on any atom is -0.467 e. The number of furan rings is 1. The first-order valence-corrected chi connectivity index (χ1v) is 10.1. The van der Waals surface area contributed by atoms with Gasteiger partial charge in [0.2, 0.25) is 0 Å². The summed E-state index contributed by atoms with van der Waals surface area (Å²) in [6.07, 6.45) is 6.91. The standard InChI is InChI=1S/C19H22Cl2N4OS/c20-17-7-3-8-18(21)16(17)13-25-9-2-1-5-14(25)11-23-24-19(27)22-12-15-6-4-10-26-15/h3-4,6-8,10-11,14H,1-2,5,9,12-13H2,(H2,22,24,27). The van der Waals surface area contributed by atoms with Crippen LogP contribution in [-0.4, -0.2) is 28.8 Å². The number of halogens is 2. The molecule has 1 fully saturated rings. The number of hydrogen-bond donors (Lipinski definition) is 2. The van der Waals surface area contributed by atoms with Gasteiger partial charge in [-0.3, -0.25) is 10.3 Å². The maximum Gasteiger partial charge on any atom is 0.187 e. The molecule has 0 bridgehead atoms. The van der Waals surface area contributed by atoms with E-state index in [9.17, 15) is 0 Å². The highest BCUT2D eigenvalue weighted by molar-refractivity contribution is 7.80. The van der Waals surface area contributed by atoms with Gasteiger partial charge in [-0.15, -0.1) is 0 Å². The first-order valence-electron chi connectivity index (χ1n) is 8.90. The molecule has 1 unspecified atom stereocenters. The number of hydrogen-bond acceptors (Lipinski definition) is 4. The Bertz CT molecular complexity index is 762. The van der Waals surface area contributed by atoms with Gasteiger partial charge in [0.05, 0.1) is 12.8 Å². The molecule has 2 aromatic rings. The van der Waals surface area contributed by atoms with Gasteiger partial charge < -0.3 is 9.73 Å². The monoisotopic (exact) mass is 424 g/mol. The van der Waals surface area contributed by atoms with Gasteiger partial charge in [0, 0.05) is 34.4 Å². The molecule has 1 aromatic carbocycles. The van der Waals surface area contributed by atoms with Crippen molar-refractivity contribution in [3.05, 3.63) is 58.0 Å². The van der Waals surface area contributed by atoms with Gasteiger partial charge in [0.15, 0.2) is 5.11 Å². The number of nitrogens with zero attached hydrogens (tertiary/aromatic N) is 2. The van der Waals surface area contributed by atoms with E-state index < -0.39 is 0 Å². The number of piperidine rings is 1. The normalized spacial score (nSPS) is 17.9. The third-order valence-electron chi connectivity index (χ3n) is 4.50. The van der Waals surface area contributed by atoms with E-state index in [-0.39, 0.29) is 6.04 Å². The Morgan fingerprint density at radius 2 is 2.07 bits per heavy atom. The highest BCUT2D eigenvalue weighted by Crippen LogP contribution is 2.28. The lowest BCUT2D eigenvalue weighted by molar-refractivity contribution is 0.187. The van der Waals surface area contributed by atoms with E-state index in [2.05, 4.69) is 20.7 Å². The zero-order chi connectivity index (χ0) is 19.1. The molecule has 0 aliphatic carbocycles. The van der Waals surface area contributed by atoms with E-state index in [0.29, 0.717) is 28.2 Å².